The van der Waals surface area contributed by atoms with Crippen molar-refractivity contribution in [3.8, 4) is 39.6 Å². The van der Waals surface area contributed by atoms with E-state index in [2.05, 4.69) is 213 Å². The molecule has 324 valence electrons. The first kappa shape index (κ1) is 38.7. The maximum atomic E-state index is 6.60. The van der Waals surface area contributed by atoms with Crippen LogP contribution >= 0.6 is 11.3 Å². The Morgan fingerprint density at radius 2 is 1.12 bits per heavy atom. The van der Waals surface area contributed by atoms with Gasteiger partial charge >= 0.3 is 0 Å². The summed E-state index contributed by atoms with van der Waals surface area (Å²) in [6.45, 7) is 2.27. The van der Waals surface area contributed by atoms with E-state index in [-0.39, 0.29) is 0 Å². The Morgan fingerprint density at radius 3 is 1.91 bits per heavy atom. The highest BCUT2D eigenvalue weighted by Crippen LogP contribution is 2.61. The lowest BCUT2D eigenvalue weighted by Gasteiger charge is -2.32. The summed E-state index contributed by atoms with van der Waals surface area (Å²) in [5, 5.41) is 11.8. The Morgan fingerprint density at radius 1 is 0.478 bits per heavy atom. The third-order valence-electron chi connectivity index (χ3n) is 15.0. The fourth-order valence-electron chi connectivity index (χ4n) is 11.9. The number of quaternary nitrogens is 1. The smallest absolute Gasteiger partial charge is 0.235 e. The van der Waals surface area contributed by atoms with Crippen molar-refractivity contribution in [2.75, 3.05) is 7.05 Å². The first-order valence-electron chi connectivity index (χ1n) is 23.7. The lowest BCUT2D eigenvalue weighted by molar-refractivity contribution is 0.645. The maximum Gasteiger partial charge on any atom is 0.235 e. The molecule has 0 N–H and O–H groups in total. The molecular formula is C63H41N4OS+. The highest BCUT2D eigenvalue weighted by atomic mass is 32.1. The molecule has 1 unspecified atom stereocenters. The summed E-state index contributed by atoms with van der Waals surface area (Å²) in [5.41, 5.74) is 15.0. The van der Waals surface area contributed by atoms with Gasteiger partial charge in [-0.3, -0.25) is 4.57 Å². The summed E-state index contributed by atoms with van der Waals surface area (Å²) in [7, 11) is 2.40. The summed E-state index contributed by atoms with van der Waals surface area (Å²) in [6.07, 6.45) is 0.687. The van der Waals surface area contributed by atoms with E-state index >= 15 is 0 Å². The Bertz CT molecular complexity index is 4460. The van der Waals surface area contributed by atoms with Gasteiger partial charge in [-0.25, -0.2) is 14.5 Å². The highest BCUT2D eigenvalue weighted by Gasteiger charge is 2.45. The van der Waals surface area contributed by atoms with Gasteiger partial charge in [0.25, 0.3) is 0 Å². The van der Waals surface area contributed by atoms with Gasteiger partial charge in [0.2, 0.25) is 5.95 Å². The number of hydrogen-bond donors (Lipinski definition) is 0. The normalized spacial score (nSPS) is 14.6. The monoisotopic (exact) mass is 901 g/mol. The number of para-hydroxylation sites is 4. The van der Waals surface area contributed by atoms with Crippen molar-refractivity contribution in [2.24, 2.45) is 0 Å². The van der Waals surface area contributed by atoms with Crippen molar-refractivity contribution >= 4 is 114 Å². The van der Waals surface area contributed by atoms with Crippen molar-refractivity contribution in [1.82, 2.24) is 19.0 Å². The second-order valence-corrected chi connectivity index (χ2v) is 19.6. The lowest BCUT2D eigenvalue weighted by Crippen LogP contribution is -2.32. The first-order chi connectivity index (χ1) is 34.1. The fraction of sp³-hybridized carbons (Fsp3) is 0.0476. The number of fused-ring (bicyclic) bond motifs is 15. The first-order valence-corrected chi connectivity index (χ1v) is 24.6. The molecule has 0 saturated carbocycles. The number of benzene rings is 10. The molecule has 1 atom stereocenters. The van der Waals surface area contributed by atoms with Crippen LogP contribution in [0.3, 0.4) is 0 Å². The van der Waals surface area contributed by atoms with Crippen molar-refractivity contribution in [3.63, 3.8) is 0 Å². The number of thiophene rings is 1. The predicted octanol–water partition coefficient (Wildman–Crippen LogP) is 17.6. The molecule has 4 aromatic heterocycles. The van der Waals surface area contributed by atoms with Crippen LogP contribution in [0.25, 0.3) is 125 Å². The summed E-state index contributed by atoms with van der Waals surface area (Å²) in [5.74, 6) is 0.628. The molecule has 1 aliphatic rings. The highest BCUT2D eigenvalue weighted by molar-refractivity contribution is 7.26. The SMILES string of the molecule is CCc1c(-c2cccc3oc4ccccc4c23)nc(-n2c3ccccc3c3ccccc32)nc1-c1c([N+]2(C)c3ccccc3-c3cc4ccccc4cc32)ccc2sc3c4ccccc4ccc3c12. The van der Waals surface area contributed by atoms with Crippen molar-refractivity contribution < 1.29 is 4.42 Å². The molecule has 0 fully saturated rings. The van der Waals surface area contributed by atoms with Gasteiger partial charge in [-0.2, -0.15) is 0 Å². The molecule has 0 aliphatic carbocycles. The molecule has 5 heterocycles. The van der Waals surface area contributed by atoms with Crippen molar-refractivity contribution in [2.45, 2.75) is 13.3 Å². The van der Waals surface area contributed by atoms with Crippen LogP contribution in [0.5, 0.6) is 0 Å². The van der Waals surface area contributed by atoms with Crippen LogP contribution in [0.1, 0.15) is 12.5 Å². The van der Waals surface area contributed by atoms with E-state index in [0.29, 0.717) is 16.9 Å². The van der Waals surface area contributed by atoms with Gasteiger partial charge in [-0.05, 0) is 70.4 Å². The zero-order valence-corrected chi connectivity index (χ0v) is 38.7. The second-order valence-electron chi connectivity index (χ2n) is 18.5. The van der Waals surface area contributed by atoms with E-state index in [1.807, 2.05) is 17.4 Å². The molecule has 0 radical (unpaired) electrons. The molecule has 0 saturated heterocycles. The van der Waals surface area contributed by atoms with E-state index < -0.39 is 0 Å². The Hall–Kier alpha value is -8.42. The number of hydrogen-bond acceptors (Lipinski definition) is 4. The van der Waals surface area contributed by atoms with Crippen LogP contribution < -0.4 is 4.48 Å². The van der Waals surface area contributed by atoms with Gasteiger partial charge in [0.05, 0.1) is 40.6 Å². The third-order valence-corrected chi connectivity index (χ3v) is 16.2. The van der Waals surface area contributed by atoms with Crippen molar-refractivity contribution in [1.29, 1.82) is 0 Å². The molecule has 6 heteroatoms. The number of furan rings is 1. The number of rotatable bonds is 5. The summed E-state index contributed by atoms with van der Waals surface area (Å²) >= 11 is 1.88. The third kappa shape index (κ3) is 5.27. The molecule has 0 spiro atoms. The van der Waals surface area contributed by atoms with Crippen LogP contribution in [0.15, 0.2) is 205 Å². The minimum atomic E-state index is 0.460. The Labute approximate surface area is 401 Å². The average Bonchev–Trinajstić information content (AvgIpc) is 4.15. The molecule has 69 heavy (non-hydrogen) atoms. The van der Waals surface area contributed by atoms with Crippen LogP contribution in [-0.2, 0) is 6.42 Å². The fourth-order valence-corrected chi connectivity index (χ4v) is 13.2. The molecule has 15 rings (SSSR count). The van der Waals surface area contributed by atoms with Gasteiger partial charge in [0.15, 0.2) is 17.1 Å². The van der Waals surface area contributed by atoms with E-state index in [9.17, 15) is 0 Å². The summed E-state index contributed by atoms with van der Waals surface area (Å²) in [4.78, 5) is 11.8. The van der Waals surface area contributed by atoms with Crippen LogP contribution in [0.4, 0.5) is 17.1 Å². The van der Waals surface area contributed by atoms with Gasteiger partial charge < -0.3 is 4.42 Å². The quantitative estimate of drug-likeness (QED) is 0.162. The van der Waals surface area contributed by atoms with Gasteiger partial charge in [0, 0.05) is 76.6 Å². The van der Waals surface area contributed by atoms with Crippen molar-refractivity contribution in [3.05, 3.63) is 206 Å². The van der Waals surface area contributed by atoms with Gasteiger partial charge in [-0.15, -0.1) is 11.3 Å². The largest absolute Gasteiger partial charge is 0.456 e. The molecule has 14 aromatic rings. The van der Waals surface area contributed by atoms with Gasteiger partial charge in [0.1, 0.15) is 11.2 Å². The number of aromatic nitrogens is 3. The minimum Gasteiger partial charge on any atom is -0.456 e. The lowest BCUT2D eigenvalue weighted by atomic mass is 9.91. The number of nitrogens with zero attached hydrogens (tertiary/aromatic N) is 4. The molecule has 10 aromatic carbocycles. The zero-order chi connectivity index (χ0) is 45.5. The van der Waals surface area contributed by atoms with Crippen LogP contribution in [0.2, 0.25) is 0 Å². The molecule has 1 aliphatic heterocycles. The molecule has 0 amide bonds. The van der Waals surface area contributed by atoms with Gasteiger partial charge in [-0.1, -0.05) is 146 Å². The Balaban J connectivity index is 1.15. The molecule has 5 nitrogen and oxygen atoms in total. The second kappa shape index (κ2) is 14.3. The summed E-state index contributed by atoms with van der Waals surface area (Å²) < 4.78 is 11.8. The van der Waals surface area contributed by atoms with E-state index in [0.717, 1.165) is 77.5 Å². The molecular weight excluding hydrogens is 861 g/mol. The topological polar surface area (TPSA) is 43.9 Å². The van der Waals surface area contributed by atoms with Crippen LogP contribution in [-0.4, -0.2) is 21.6 Å². The standard InChI is InChI=1S/C63H41N4OS/c1-3-40-60(46-25-16-30-55-57(46)45-24-11-15-29-54(45)68-55)64-63(66-49-26-12-8-21-42(49)43-22-9-13-27-50(43)66)65-61(40)59-52(33-34-56-58(59)47-32-31-37-17-6-7-20-41(37)62(47)69-56)67(2)51-28-14-10-23-44(51)48-35-38-18-4-5-19-39(38)36-53(48)67/h4-36H,3H2,1-2H3/q+1. The van der Waals surface area contributed by atoms with Crippen LogP contribution in [0, 0.1) is 0 Å². The maximum absolute atomic E-state index is 6.60. The van der Waals surface area contributed by atoms with E-state index in [4.69, 9.17) is 14.4 Å². The van der Waals surface area contributed by atoms with E-state index in [1.54, 1.807) is 0 Å². The molecule has 0 bridgehead atoms. The Kier molecular flexibility index (Phi) is 8.01. The van der Waals surface area contributed by atoms with E-state index in [1.165, 1.54) is 64.2 Å². The minimum absolute atomic E-state index is 0.460. The predicted molar refractivity (Wildman–Crippen MR) is 291 cm³/mol. The zero-order valence-electron chi connectivity index (χ0n) is 37.9. The summed E-state index contributed by atoms with van der Waals surface area (Å²) in [6, 6.07) is 72.9. The average molecular weight is 902 g/mol.